The SMILES string of the molecule is CCOC(=O)C1=C(c2ccccc2)N=c2s/c(=C\c3ccc(OCC)c(Cl)c3)c(=O)n2[C@@H]1c1cc(Cl)ccc1OC. The van der Waals surface area contributed by atoms with E-state index in [1.165, 1.54) is 23.0 Å². The Bertz CT molecular complexity index is 1830. The molecule has 41 heavy (non-hydrogen) atoms. The van der Waals surface area contributed by atoms with E-state index < -0.39 is 12.0 Å². The second-order valence-electron chi connectivity index (χ2n) is 8.94. The maximum atomic E-state index is 14.1. The minimum atomic E-state index is -0.916. The smallest absolute Gasteiger partial charge is 0.338 e. The lowest BCUT2D eigenvalue weighted by Crippen LogP contribution is -2.40. The third-order valence-corrected chi connectivity index (χ3v) is 7.93. The van der Waals surface area contributed by atoms with Crippen LogP contribution in [0.4, 0.5) is 0 Å². The van der Waals surface area contributed by atoms with Gasteiger partial charge in [0, 0.05) is 16.1 Å². The first-order valence-corrected chi connectivity index (χ1v) is 14.5. The Kier molecular flexibility index (Phi) is 8.63. The Morgan fingerprint density at radius 1 is 1.02 bits per heavy atom. The summed E-state index contributed by atoms with van der Waals surface area (Å²) in [7, 11) is 1.53. The molecule has 7 nitrogen and oxygen atoms in total. The molecule has 2 heterocycles. The lowest BCUT2D eigenvalue weighted by Gasteiger charge is -2.27. The molecule has 0 saturated heterocycles. The molecular formula is C31H26Cl2N2O5S. The number of methoxy groups -OCH3 is 1. The predicted octanol–water partition coefficient (Wildman–Crippen LogP) is 5.65. The number of halogens is 2. The van der Waals surface area contributed by atoms with E-state index in [2.05, 4.69) is 0 Å². The first-order valence-electron chi connectivity index (χ1n) is 12.9. The van der Waals surface area contributed by atoms with Crippen molar-refractivity contribution in [2.24, 2.45) is 4.99 Å². The van der Waals surface area contributed by atoms with Gasteiger partial charge in [-0.3, -0.25) is 9.36 Å². The highest BCUT2D eigenvalue weighted by molar-refractivity contribution is 7.07. The van der Waals surface area contributed by atoms with Crippen molar-refractivity contribution in [3.8, 4) is 11.5 Å². The van der Waals surface area contributed by atoms with Gasteiger partial charge in [0.05, 0.1) is 41.1 Å². The van der Waals surface area contributed by atoms with E-state index in [-0.39, 0.29) is 17.7 Å². The maximum absolute atomic E-state index is 14.1. The van der Waals surface area contributed by atoms with Gasteiger partial charge >= 0.3 is 5.97 Å². The number of nitrogens with zero attached hydrogens (tertiary/aromatic N) is 2. The second-order valence-corrected chi connectivity index (χ2v) is 10.8. The van der Waals surface area contributed by atoms with Crippen molar-refractivity contribution < 1.29 is 19.0 Å². The molecule has 0 N–H and O–H groups in total. The van der Waals surface area contributed by atoms with E-state index in [4.69, 9.17) is 42.4 Å². The van der Waals surface area contributed by atoms with Gasteiger partial charge in [-0.2, -0.15) is 0 Å². The van der Waals surface area contributed by atoms with Crippen LogP contribution in [0.1, 0.15) is 36.6 Å². The summed E-state index contributed by atoms with van der Waals surface area (Å²) < 4.78 is 18.6. The van der Waals surface area contributed by atoms with Gasteiger partial charge in [0.2, 0.25) is 0 Å². The first-order chi connectivity index (χ1) is 19.9. The average Bonchev–Trinajstić information content (AvgIpc) is 3.28. The van der Waals surface area contributed by atoms with Crippen molar-refractivity contribution in [1.82, 2.24) is 4.57 Å². The lowest BCUT2D eigenvalue weighted by molar-refractivity contribution is -0.138. The molecule has 0 saturated carbocycles. The molecule has 5 rings (SSSR count). The maximum Gasteiger partial charge on any atom is 0.338 e. The van der Waals surface area contributed by atoms with Crippen LogP contribution in [0.25, 0.3) is 11.8 Å². The van der Waals surface area contributed by atoms with E-state index in [1.54, 1.807) is 43.3 Å². The normalized spacial score (nSPS) is 14.9. The van der Waals surface area contributed by atoms with Gasteiger partial charge in [-0.25, -0.2) is 9.79 Å². The molecule has 1 aliphatic rings. The third kappa shape index (κ3) is 5.68. The highest BCUT2D eigenvalue weighted by Crippen LogP contribution is 2.39. The molecule has 1 atom stereocenters. The average molecular weight is 610 g/mol. The number of hydrogen-bond acceptors (Lipinski definition) is 7. The number of ether oxygens (including phenoxy) is 3. The van der Waals surface area contributed by atoms with E-state index in [9.17, 15) is 9.59 Å². The number of carbonyl (C=O) groups is 1. The monoisotopic (exact) mass is 608 g/mol. The molecule has 1 aliphatic heterocycles. The standard InChI is InChI=1S/C31H26Cl2N2O5S/c1-4-39-24-13-11-18(15-22(24)33)16-25-29(36)35-28(21-17-20(32)12-14-23(21)38-3)26(30(37)40-5-2)27(34-31(35)41-25)19-9-7-6-8-10-19/h6-17,28H,4-5H2,1-3H3/b25-16-/t28-/m1/s1. The zero-order valence-electron chi connectivity index (χ0n) is 22.5. The predicted molar refractivity (Wildman–Crippen MR) is 162 cm³/mol. The minimum Gasteiger partial charge on any atom is -0.496 e. The van der Waals surface area contributed by atoms with Crippen LogP contribution in [-0.2, 0) is 9.53 Å². The number of thiazole rings is 1. The van der Waals surface area contributed by atoms with Crippen LogP contribution in [-0.4, -0.2) is 30.9 Å². The van der Waals surface area contributed by atoms with Crippen LogP contribution in [0.15, 0.2) is 82.1 Å². The quantitative estimate of drug-likeness (QED) is 0.242. The van der Waals surface area contributed by atoms with E-state index in [0.717, 1.165) is 0 Å². The molecule has 0 bridgehead atoms. The van der Waals surface area contributed by atoms with Gasteiger partial charge < -0.3 is 14.2 Å². The van der Waals surface area contributed by atoms with Gasteiger partial charge in [-0.15, -0.1) is 0 Å². The largest absolute Gasteiger partial charge is 0.496 e. The summed E-state index contributed by atoms with van der Waals surface area (Å²) in [5.41, 5.74) is 2.24. The number of hydrogen-bond donors (Lipinski definition) is 0. The number of carbonyl (C=O) groups excluding carboxylic acids is 1. The summed E-state index contributed by atoms with van der Waals surface area (Å²) in [4.78, 5) is 33.0. The molecule has 0 unspecified atom stereocenters. The molecule has 0 aliphatic carbocycles. The molecular weight excluding hydrogens is 583 g/mol. The molecule has 10 heteroatoms. The minimum absolute atomic E-state index is 0.146. The van der Waals surface area contributed by atoms with Crippen LogP contribution >= 0.6 is 34.5 Å². The molecule has 0 amide bonds. The van der Waals surface area contributed by atoms with Gasteiger partial charge in [0.25, 0.3) is 5.56 Å². The molecule has 4 aromatic rings. The van der Waals surface area contributed by atoms with Crippen LogP contribution in [0, 0.1) is 0 Å². The van der Waals surface area contributed by atoms with Crippen molar-refractivity contribution >= 4 is 52.3 Å². The van der Waals surface area contributed by atoms with Gasteiger partial charge in [0.15, 0.2) is 4.80 Å². The van der Waals surface area contributed by atoms with Crippen LogP contribution in [0.3, 0.4) is 0 Å². The Balaban J connectivity index is 1.82. The number of aromatic nitrogens is 1. The fraction of sp³-hybridized carbons (Fsp3) is 0.194. The number of esters is 1. The van der Waals surface area contributed by atoms with E-state index in [0.29, 0.717) is 59.9 Å². The Morgan fingerprint density at radius 2 is 1.78 bits per heavy atom. The second kappa shape index (κ2) is 12.3. The fourth-order valence-electron chi connectivity index (χ4n) is 4.68. The lowest BCUT2D eigenvalue weighted by atomic mass is 9.92. The summed E-state index contributed by atoms with van der Waals surface area (Å²) in [6.07, 6.45) is 1.74. The van der Waals surface area contributed by atoms with Gasteiger partial charge in [0.1, 0.15) is 17.5 Å². The van der Waals surface area contributed by atoms with Crippen LogP contribution in [0.5, 0.6) is 11.5 Å². The third-order valence-electron chi connectivity index (χ3n) is 6.41. The van der Waals surface area contributed by atoms with Crippen LogP contribution in [0.2, 0.25) is 10.0 Å². The van der Waals surface area contributed by atoms with Crippen LogP contribution < -0.4 is 24.4 Å². The summed E-state index contributed by atoms with van der Waals surface area (Å²) in [5, 5.41) is 0.860. The highest BCUT2D eigenvalue weighted by Gasteiger charge is 2.36. The Morgan fingerprint density at radius 3 is 2.46 bits per heavy atom. The van der Waals surface area contributed by atoms with E-state index in [1.807, 2.05) is 43.3 Å². The summed E-state index contributed by atoms with van der Waals surface area (Å²) in [6.45, 7) is 4.24. The molecule has 0 radical (unpaired) electrons. The van der Waals surface area contributed by atoms with Gasteiger partial charge in [-0.1, -0.05) is 70.9 Å². The van der Waals surface area contributed by atoms with Crippen molar-refractivity contribution in [2.75, 3.05) is 20.3 Å². The van der Waals surface area contributed by atoms with Crippen molar-refractivity contribution in [3.63, 3.8) is 0 Å². The number of benzene rings is 3. The van der Waals surface area contributed by atoms with Crippen molar-refractivity contribution in [3.05, 3.63) is 119 Å². The molecule has 0 fully saturated rings. The van der Waals surface area contributed by atoms with Crippen molar-refractivity contribution in [2.45, 2.75) is 19.9 Å². The fourth-order valence-corrected chi connectivity index (χ4v) is 6.11. The van der Waals surface area contributed by atoms with E-state index >= 15 is 0 Å². The first kappa shape index (κ1) is 28.7. The highest BCUT2D eigenvalue weighted by atomic mass is 35.5. The number of fused-ring (bicyclic) bond motifs is 1. The molecule has 3 aromatic carbocycles. The van der Waals surface area contributed by atoms with Crippen molar-refractivity contribution in [1.29, 1.82) is 0 Å². The summed E-state index contributed by atoms with van der Waals surface area (Å²) >= 11 is 14.1. The molecule has 0 spiro atoms. The zero-order valence-corrected chi connectivity index (χ0v) is 24.8. The molecule has 1 aromatic heterocycles. The number of rotatable bonds is 8. The van der Waals surface area contributed by atoms with Gasteiger partial charge in [-0.05, 0) is 55.8 Å². The summed E-state index contributed by atoms with van der Waals surface area (Å²) in [5.74, 6) is 0.436. The zero-order chi connectivity index (χ0) is 29.1. The Labute approximate surface area is 250 Å². The Hall–Kier alpha value is -3.85. The molecule has 210 valence electrons. The topological polar surface area (TPSA) is 79.1 Å². The summed E-state index contributed by atoms with van der Waals surface area (Å²) in [6, 6.07) is 18.8.